The lowest BCUT2D eigenvalue weighted by atomic mass is 9.74. The third-order valence-electron chi connectivity index (χ3n) is 8.00. The van der Waals surface area contributed by atoms with Gasteiger partial charge in [-0.3, -0.25) is 4.79 Å². The summed E-state index contributed by atoms with van der Waals surface area (Å²) in [4.78, 5) is 11.7. The lowest BCUT2D eigenvalue weighted by molar-refractivity contribution is -0.247. The molecule has 1 atom stereocenters. The van der Waals surface area contributed by atoms with Gasteiger partial charge in [0.05, 0.1) is 12.0 Å². The zero-order valence-corrected chi connectivity index (χ0v) is 19.8. The molecule has 11 heteroatoms. The van der Waals surface area contributed by atoms with E-state index < -0.39 is 72.2 Å². The minimum atomic E-state index is -4.60. The van der Waals surface area contributed by atoms with E-state index in [4.69, 9.17) is 9.47 Å². The molecule has 0 aromatic rings. The fraction of sp³-hybridized carbons (Fsp3) is 0.800. The lowest BCUT2D eigenvalue weighted by Crippen LogP contribution is -2.45. The first-order valence-electron chi connectivity index (χ1n) is 12.5. The third-order valence-corrected chi connectivity index (χ3v) is 8.00. The maximum Gasteiger partial charge on any atom is 0.397 e. The summed E-state index contributed by atoms with van der Waals surface area (Å²) in [5.74, 6) is -13.4. The summed E-state index contributed by atoms with van der Waals surface area (Å²) < 4.78 is 111. The van der Waals surface area contributed by atoms with Crippen LogP contribution in [0.25, 0.3) is 0 Å². The molecule has 1 unspecified atom stereocenters. The average Bonchev–Trinajstić information content (AvgIpc) is 3.62. The third kappa shape index (κ3) is 5.49. The molecule has 0 saturated heterocycles. The van der Waals surface area contributed by atoms with E-state index >= 15 is 8.78 Å². The Hall–Kier alpha value is -1.94. The Balaban J connectivity index is 1.64. The Morgan fingerprint density at radius 1 is 0.944 bits per heavy atom. The summed E-state index contributed by atoms with van der Waals surface area (Å²) in [5.41, 5.74) is -2.06. The van der Waals surface area contributed by atoms with Gasteiger partial charge in [-0.05, 0) is 55.9 Å². The van der Waals surface area contributed by atoms with E-state index in [1.807, 2.05) is 0 Å². The molecule has 0 spiro atoms. The predicted octanol–water partition coefficient (Wildman–Crippen LogP) is 7.26. The molecular weight excluding hydrogens is 497 g/mol. The van der Waals surface area contributed by atoms with Crippen molar-refractivity contribution in [3.8, 4) is 0 Å². The van der Waals surface area contributed by atoms with Gasteiger partial charge in [0.15, 0.2) is 5.76 Å². The Kier molecular flexibility index (Phi) is 7.33. The number of hydrogen-bond donors (Lipinski definition) is 1. The molecule has 1 N–H and O–H groups in total. The molecule has 0 aromatic heterocycles. The Labute approximate surface area is 204 Å². The Morgan fingerprint density at radius 3 is 2.08 bits per heavy atom. The number of carbonyl (C=O) groups is 1. The van der Waals surface area contributed by atoms with Gasteiger partial charge in [0.1, 0.15) is 12.5 Å². The number of alkyl halides is 7. The zero-order chi connectivity index (χ0) is 26.4. The van der Waals surface area contributed by atoms with E-state index in [2.05, 4.69) is 0 Å². The highest BCUT2D eigenvalue weighted by Gasteiger charge is 2.58. The molecular formula is C25H31F7O4. The second-order valence-corrected chi connectivity index (χ2v) is 10.7. The van der Waals surface area contributed by atoms with E-state index in [9.17, 15) is 31.9 Å². The minimum absolute atomic E-state index is 0.0346. The molecule has 0 radical (unpaired) electrons. The molecule has 0 aromatic carbocycles. The number of rotatable bonds is 8. The van der Waals surface area contributed by atoms with E-state index in [0.717, 1.165) is 6.08 Å². The van der Waals surface area contributed by atoms with Crippen molar-refractivity contribution in [2.45, 2.75) is 88.7 Å². The molecule has 4 nitrogen and oxygen atoms in total. The van der Waals surface area contributed by atoms with Crippen LogP contribution in [0.4, 0.5) is 30.7 Å². The molecule has 0 aliphatic heterocycles. The van der Waals surface area contributed by atoms with Crippen LogP contribution in [0.1, 0.15) is 70.6 Å². The van der Waals surface area contributed by atoms with Crippen LogP contribution in [0, 0.1) is 23.2 Å². The number of hydrogen-bond acceptors (Lipinski definition) is 3. The average molecular weight is 529 g/mol. The molecule has 36 heavy (non-hydrogen) atoms. The summed E-state index contributed by atoms with van der Waals surface area (Å²) in [6, 6.07) is 0. The lowest BCUT2D eigenvalue weighted by Gasteiger charge is -2.40. The number of ether oxygens (including phenoxy) is 2. The second-order valence-electron chi connectivity index (χ2n) is 10.7. The molecule has 3 fully saturated rings. The van der Waals surface area contributed by atoms with Gasteiger partial charge in [-0.25, -0.2) is 8.78 Å². The highest BCUT2D eigenvalue weighted by molar-refractivity contribution is 5.75. The van der Waals surface area contributed by atoms with Crippen LogP contribution in [0.3, 0.4) is 0 Å². The van der Waals surface area contributed by atoms with Crippen LogP contribution >= 0.6 is 0 Å². The van der Waals surface area contributed by atoms with Crippen LogP contribution in [0.5, 0.6) is 0 Å². The number of aliphatic carboxylic acids is 1. The van der Waals surface area contributed by atoms with Crippen LogP contribution in [0.15, 0.2) is 23.2 Å². The molecule has 4 rings (SSSR count). The number of allylic oxidation sites excluding steroid dienone is 2. The molecule has 4 aliphatic rings. The van der Waals surface area contributed by atoms with Crippen molar-refractivity contribution < 1.29 is 50.1 Å². The standard InChI is InChI=1S/C25H31F7O4/c26-23(27)10-6-15(7-11-23)13-35-20-19(36-14-22(25(30,31)32)8-2-1-3-9-22)17(16-4-5-16)12-18(21(33)34)24(20,28)29/h12,15-16,18H,1-11,13-14H2,(H,33,34). The summed E-state index contributed by atoms with van der Waals surface area (Å²) >= 11 is 0. The summed E-state index contributed by atoms with van der Waals surface area (Å²) in [6.45, 7) is -1.24. The van der Waals surface area contributed by atoms with E-state index in [-0.39, 0.29) is 43.8 Å². The molecule has 204 valence electrons. The topological polar surface area (TPSA) is 55.8 Å². The first kappa shape index (κ1) is 27.1. The highest BCUT2D eigenvalue weighted by atomic mass is 19.4. The van der Waals surface area contributed by atoms with Crippen molar-refractivity contribution in [2.75, 3.05) is 13.2 Å². The van der Waals surface area contributed by atoms with Crippen LogP contribution < -0.4 is 0 Å². The molecule has 0 amide bonds. The van der Waals surface area contributed by atoms with Gasteiger partial charge in [0.2, 0.25) is 11.7 Å². The van der Waals surface area contributed by atoms with Crippen LogP contribution in [-0.2, 0) is 14.3 Å². The predicted molar refractivity (Wildman–Crippen MR) is 114 cm³/mol. The van der Waals surface area contributed by atoms with Gasteiger partial charge in [-0.15, -0.1) is 0 Å². The van der Waals surface area contributed by atoms with Crippen molar-refractivity contribution in [1.29, 1.82) is 0 Å². The number of carboxylic acid groups (broad SMARTS) is 1. The number of halogens is 7. The molecule has 3 saturated carbocycles. The van der Waals surface area contributed by atoms with Crippen molar-refractivity contribution in [1.82, 2.24) is 0 Å². The first-order valence-corrected chi connectivity index (χ1v) is 12.5. The first-order chi connectivity index (χ1) is 16.8. The van der Waals surface area contributed by atoms with Crippen molar-refractivity contribution in [3.63, 3.8) is 0 Å². The summed E-state index contributed by atoms with van der Waals surface area (Å²) in [5, 5.41) is 9.48. The minimum Gasteiger partial charge on any atom is -0.489 e. The van der Waals surface area contributed by atoms with Crippen molar-refractivity contribution in [2.24, 2.45) is 23.2 Å². The smallest absolute Gasteiger partial charge is 0.397 e. The molecule has 0 heterocycles. The monoisotopic (exact) mass is 528 g/mol. The fourth-order valence-electron chi connectivity index (χ4n) is 5.45. The van der Waals surface area contributed by atoms with Crippen LogP contribution in [0.2, 0.25) is 0 Å². The van der Waals surface area contributed by atoms with Gasteiger partial charge >= 0.3 is 18.1 Å². The van der Waals surface area contributed by atoms with Gasteiger partial charge in [0.25, 0.3) is 0 Å². The normalized spacial score (nSPS) is 28.4. The van der Waals surface area contributed by atoms with E-state index in [1.54, 1.807) is 0 Å². The maximum absolute atomic E-state index is 15.4. The maximum atomic E-state index is 15.4. The molecule has 0 bridgehead atoms. The second kappa shape index (κ2) is 9.74. The van der Waals surface area contributed by atoms with E-state index in [0.29, 0.717) is 32.1 Å². The Bertz CT molecular complexity index is 889. The number of carboxylic acids is 1. The van der Waals surface area contributed by atoms with Gasteiger partial charge in [0, 0.05) is 12.8 Å². The molecule has 4 aliphatic carbocycles. The van der Waals surface area contributed by atoms with Crippen molar-refractivity contribution >= 4 is 5.97 Å². The zero-order valence-electron chi connectivity index (χ0n) is 19.8. The van der Waals surface area contributed by atoms with Crippen LogP contribution in [-0.4, -0.2) is 42.3 Å². The SMILES string of the molecule is O=C(O)C1C=C(C2CC2)C(OCC2(C(F)(F)F)CCCCC2)=C(OCC2CCC(F)(F)CC2)C1(F)F. The van der Waals surface area contributed by atoms with Gasteiger partial charge in [-0.1, -0.05) is 25.3 Å². The highest BCUT2D eigenvalue weighted by Crippen LogP contribution is 2.53. The summed E-state index contributed by atoms with van der Waals surface area (Å²) in [7, 11) is 0. The fourth-order valence-corrected chi connectivity index (χ4v) is 5.45. The Morgan fingerprint density at radius 2 is 1.56 bits per heavy atom. The quantitative estimate of drug-likeness (QED) is 0.337. The largest absolute Gasteiger partial charge is 0.489 e. The van der Waals surface area contributed by atoms with Gasteiger partial charge < -0.3 is 14.6 Å². The van der Waals surface area contributed by atoms with E-state index in [1.165, 1.54) is 0 Å². The van der Waals surface area contributed by atoms with Crippen molar-refractivity contribution in [3.05, 3.63) is 23.2 Å². The van der Waals surface area contributed by atoms with Gasteiger partial charge in [-0.2, -0.15) is 22.0 Å². The summed E-state index contributed by atoms with van der Waals surface area (Å²) in [6.07, 6.45) is -2.44.